The Bertz CT molecular complexity index is 542. The van der Waals surface area contributed by atoms with E-state index in [0.29, 0.717) is 25.7 Å². The van der Waals surface area contributed by atoms with Gasteiger partial charge in [-0.25, -0.2) is 4.79 Å². The number of imide groups is 1. The minimum absolute atomic E-state index is 0.168. The number of nitrogens with zero attached hydrogens (tertiary/aromatic N) is 3. The predicted molar refractivity (Wildman–Crippen MR) is 84.1 cm³/mol. The van der Waals surface area contributed by atoms with Gasteiger partial charge in [0.1, 0.15) is 5.54 Å². The summed E-state index contributed by atoms with van der Waals surface area (Å²) >= 11 is 0. The van der Waals surface area contributed by atoms with Crippen LogP contribution in [-0.4, -0.2) is 51.4 Å². The lowest BCUT2D eigenvalue weighted by atomic mass is 10.1. The van der Waals surface area contributed by atoms with Gasteiger partial charge in [0.05, 0.1) is 5.69 Å². The lowest BCUT2D eigenvalue weighted by Crippen LogP contribution is -2.43. The molecule has 120 valence electrons. The lowest BCUT2D eigenvalue weighted by Gasteiger charge is -2.27. The van der Waals surface area contributed by atoms with Crippen LogP contribution < -0.4 is 5.32 Å². The van der Waals surface area contributed by atoms with E-state index in [4.69, 9.17) is 0 Å². The van der Waals surface area contributed by atoms with Crippen molar-refractivity contribution in [2.75, 3.05) is 13.1 Å². The summed E-state index contributed by atoms with van der Waals surface area (Å²) in [6.07, 6.45) is 1.77. The quantitative estimate of drug-likeness (QED) is 0.811. The zero-order valence-corrected chi connectivity index (χ0v) is 13.7. The van der Waals surface area contributed by atoms with Crippen molar-refractivity contribution < 1.29 is 9.59 Å². The number of carbonyl (C=O) groups excluding carboxylic acids is 2. The van der Waals surface area contributed by atoms with Crippen molar-refractivity contribution in [3.8, 4) is 0 Å². The van der Waals surface area contributed by atoms with E-state index in [9.17, 15) is 9.59 Å². The third-order valence-electron chi connectivity index (χ3n) is 3.88. The van der Waals surface area contributed by atoms with Gasteiger partial charge in [0.2, 0.25) is 0 Å². The van der Waals surface area contributed by atoms with Crippen molar-refractivity contribution in [3.63, 3.8) is 0 Å². The van der Waals surface area contributed by atoms with Gasteiger partial charge in [0, 0.05) is 31.9 Å². The Kier molecular flexibility index (Phi) is 4.81. The van der Waals surface area contributed by atoms with Crippen molar-refractivity contribution in [1.82, 2.24) is 20.1 Å². The fraction of sp³-hybridized carbons (Fsp3) is 0.562. The highest BCUT2D eigenvalue weighted by atomic mass is 16.2. The molecule has 0 bridgehead atoms. The molecule has 6 nitrogen and oxygen atoms in total. The molecule has 1 aromatic heterocycles. The smallest absolute Gasteiger partial charge is 0.324 e. The summed E-state index contributed by atoms with van der Waals surface area (Å²) in [4.78, 5) is 31.9. The number of nitrogens with one attached hydrogen (secondary N) is 1. The number of amides is 3. The molecule has 0 radical (unpaired) electrons. The molecule has 1 N–H and O–H groups in total. The van der Waals surface area contributed by atoms with Gasteiger partial charge in [-0.3, -0.25) is 19.6 Å². The van der Waals surface area contributed by atoms with Crippen molar-refractivity contribution in [1.29, 1.82) is 0 Å². The van der Waals surface area contributed by atoms with Crippen molar-refractivity contribution in [3.05, 3.63) is 30.1 Å². The summed E-state index contributed by atoms with van der Waals surface area (Å²) in [5.74, 6) is -0.168. The van der Waals surface area contributed by atoms with E-state index in [1.165, 1.54) is 4.90 Å². The van der Waals surface area contributed by atoms with Crippen LogP contribution in [0.1, 0.15) is 33.4 Å². The molecule has 3 amide bonds. The standard InChI is InChI=1S/C16H24N4O2/c1-12(2)19(11-13-7-5-6-8-17-13)9-10-20-14(21)16(3,4)18-15(20)22/h5-8,12H,9-11H2,1-4H3,(H,18,22). The summed E-state index contributed by atoms with van der Waals surface area (Å²) in [5, 5.41) is 2.70. The van der Waals surface area contributed by atoms with Crippen LogP contribution in [-0.2, 0) is 11.3 Å². The molecule has 1 fully saturated rings. The molecule has 1 saturated heterocycles. The normalized spacial score (nSPS) is 17.5. The van der Waals surface area contributed by atoms with Gasteiger partial charge in [-0.2, -0.15) is 0 Å². The third-order valence-corrected chi connectivity index (χ3v) is 3.88. The second-order valence-electron chi connectivity index (χ2n) is 6.40. The molecular formula is C16H24N4O2. The van der Waals surface area contributed by atoms with Crippen LogP contribution in [0.15, 0.2) is 24.4 Å². The van der Waals surface area contributed by atoms with Crippen LogP contribution in [0.2, 0.25) is 0 Å². The van der Waals surface area contributed by atoms with E-state index in [1.807, 2.05) is 18.2 Å². The van der Waals surface area contributed by atoms with Gasteiger partial charge in [0.25, 0.3) is 5.91 Å². The number of carbonyl (C=O) groups is 2. The fourth-order valence-corrected chi connectivity index (χ4v) is 2.47. The molecule has 0 atom stereocenters. The second-order valence-corrected chi connectivity index (χ2v) is 6.40. The first-order valence-electron chi connectivity index (χ1n) is 7.59. The zero-order valence-electron chi connectivity index (χ0n) is 13.7. The Hall–Kier alpha value is -1.95. The number of aromatic nitrogens is 1. The highest BCUT2D eigenvalue weighted by molar-refractivity contribution is 6.06. The summed E-state index contributed by atoms with van der Waals surface area (Å²) in [6, 6.07) is 5.82. The van der Waals surface area contributed by atoms with Crippen LogP contribution in [0.5, 0.6) is 0 Å². The van der Waals surface area contributed by atoms with Crippen LogP contribution in [0.4, 0.5) is 4.79 Å². The minimum atomic E-state index is -0.805. The molecule has 2 rings (SSSR count). The van der Waals surface area contributed by atoms with Gasteiger partial charge in [-0.05, 0) is 39.8 Å². The van der Waals surface area contributed by atoms with Gasteiger partial charge < -0.3 is 5.32 Å². The maximum atomic E-state index is 12.2. The molecule has 2 heterocycles. The average molecular weight is 304 g/mol. The number of urea groups is 1. The number of hydrogen-bond acceptors (Lipinski definition) is 4. The van der Waals surface area contributed by atoms with Crippen molar-refractivity contribution in [2.45, 2.75) is 45.8 Å². The number of hydrogen-bond donors (Lipinski definition) is 1. The molecule has 1 aromatic rings. The lowest BCUT2D eigenvalue weighted by molar-refractivity contribution is -0.130. The third kappa shape index (κ3) is 3.62. The molecule has 1 aliphatic rings. The van der Waals surface area contributed by atoms with Crippen LogP contribution in [0.25, 0.3) is 0 Å². The van der Waals surface area contributed by atoms with Crippen LogP contribution >= 0.6 is 0 Å². The van der Waals surface area contributed by atoms with E-state index in [1.54, 1.807) is 20.0 Å². The van der Waals surface area contributed by atoms with Crippen molar-refractivity contribution >= 4 is 11.9 Å². The van der Waals surface area contributed by atoms with E-state index in [-0.39, 0.29) is 11.9 Å². The summed E-state index contributed by atoms with van der Waals surface area (Å²) in [5.41, 5.74) is 0.175. The monoisotopic (exact) mass is 304 g/mol. The molecule has 0 saturated carbocycles. The highest BCUT2D eigenvalue weighted by Gasteiger charge is 2.43. The predicted octanol–water partition coefficient (Wildman–Crippen LogP) is 1.62. The average Bonchev–Trinajstić information content (AvgIpc) is 2.65. The Morgan fingerprint density at radius 1 is 1.32 bits per heavy atom. The summed E-state index contributed by atoms with van der Waals surface area (Å²) < 4.78 is 0. The Morgan fingerprint density at radius 2 is 2.05 bits per heavy atom. The first-order chi connectivity index (χ1) is 10.3. The molecule has 22 heavy (non-hydrogen) atoms. The molecule has 0 spiro atoms. The molecule has 0 unspecified atom stereocenters. The maximum absolute atomic E-state index is 12.2. The maximum Gasteiger partial charge on any atom is 0.325 e. The van der Waals surface area contributed by atoms with Crippen LogP contribution in [0.3, 0.4) is 0 Å². The zero-order chi connectivity index (χ0) is 16.3. The van der Waals surface area contributed by atoms with Gasteiger partial charge in [-0.1, -0.05) is 6.07 Å². The van der Waals surface area contributed by atoms with E-state index < -0.39 is 5.54 Å². The molecule has 0 aromatic carbocycles. The molecule has 6 heteroatoms. The van der Waals surface area contributed by atoms with Gasteiger partial charge in [-0.15, -0.1) is 0 Å². The second kappa shape index (κ2) is 6.44. The molecular weight excluding hydrogens is 280 g/mol. The SMILES string of the molecule is CC(C)N(CCN1C(=O)NC(C)(C)C1=O)Cc1ccccn1. The van der Waals surface area contributed by atoms with Crippen molar-refractivity contribution in [2.24, 2.45) is 0 Å². The van der Waals surface area contributed by atoms with Crippen LogP contribution in [0, 0.1) is 0 Å². The Balaban J connectivity index is 1.98. The van der Waals surface area contributed by atoms with E-state index in [0.717, 1.165) is 5.69 Å². The first kappa shape index (κ1) is 16.4. The number of pyridine rings is 1. The van der Waals surface area contributed by atoms with E-state index >= 15 is 0 Å². The fourth-order valence-electron chi connectivity index (χ4n) is 2.47. The highest BCUT2D eigenvalue weighted by Crippen LogP contribution is 2.16. The summed E-state index contributed by atoms with van der Waals surface area (Å²) in [6.45, 7) is 9.36. The first-order valence-corrected chi connectivity index (χ1v) is 7.59. The largest absolute Gasteiger partial charge is 0.325 e. The minimum Gasteiger partial charge on any atom is -0.324 e. The molecule has 1 aliphatic heterocycles. The molecule has 0 aliphatic carbocycles. The number of rotatable bonds is 6. The topological polar surface area (TPSA) is 65.5 Å². The van der Waals surface area contributed by atoms with E-state index in [2.05, 4.69) is 29.0 Å². The Morgan fingerprint density at radius 3 is 2.55 bits per heavy atom. The Labute approximate surface area is 131 Å². The van der Waals surface area contributed by atoms with Gasteiger partial charge >= 0.3 is 6.03 Å². The van der Waals surface area contributed by atoms with Gasteiger partial charge in [0.15, 0.2) is 0 Å². The summed E-state index contributed by atoms with van der Waals surface area (Å²) in [7, 11) is 0.